The predicted molar refractivity (Wildman–Crippen MR) is 89.5 cm³/mol. The van der Waals surface area contributed by atoms with Gasteiger partial charge in [-0.25, -0.2) is 0 Å². The van der Waals surface area contributed by atoms with Crippen LogP contribution in [0.4, 0.5) is 8.78 Å². The first kappa shape index (κ1) is 17.0. The van der Waals surface area contributed by atoms with E-state index in [4.69, 9.17) is 14.2 Å². The van der Waals surface area contributed by atoms with Crippen molar-refractivity contribution in [3.8, 4) is 17.2 Å². The van der Waals surface area contributed by atoms with Crippen LogP contribution in [0.15, 0.2) is 36.7 Å². The molecule has 26 heavy (non-hydrogen) atoms. The van der Waals surface area contributed by atoms with Gasteiger partial charge in [0.1, 0.15) is 5.75 Å². The van der Waals surface area contributed by atoms with Crippen LogP contribution in [0.25, 0.3) is 0 Å². The van der Waals surface area contributed by atoms with Crippen LogP contribution in [0.5, 0.6) is 17.2 Å². The van der Waals surface area contributed by atoms with Crippen molar-refractivity contribution >= 4 is 0 Å². The summed E-state index contributed by atoms with van der Waals surface area (Å²) < 4.78 is 41.1. The van der Waals surface area contributed by atoms with Crippen molar-refractivity contribution in [1.82, 2.24) is 15.2 Å². The zero-order valence-electron chi connectivity index (χ0n) is 14.0. The number of benzene rings is 1. The number of nitrogens with one attached hydrogen (secondary N) is 1. The minimum Gasteiger partial charge on any atom is -0.454 e. The van der Waals surface area contributed by atoms with Crippen molar-refractivity contribution in [3.63, 3.8) is 0 Å². The number of nitrogens with zero attached hydrogens (tertiary/aromatic N) is 2. The SMILES string of the molecule is FC(F)Oc1cc2c(cc1CN1CCNCC1c1ccncc1)OCO2. The summed E-state index contributed by atoms with van der Waals surface area (Å²) in [6.45, 7) is 0.0491. The Morgan fingerprint density at radius 1 is 1.23 bits per heavy atom. The fourth-order valence-corrected chi connectivity index (χ4v) is 3.36. The number of aromatic nitrogens is 1. The zero-order chi connectivity index (χ0) is 17.9. The predicted octanol–water partition coefficient (Wildman–Crippen LogP) is 2.56. The number of rotatable bonds is 5. The average Bonchev–Trinajstić information content (AvgIpc) is 3.10. The number of hydrogen-bond donors (Lipinski definition) is 1. The average molecular weight is 363 g/mol. The summed E-state index contributed by atoms with van der Waals surface area (Å²) in [6.07, 6.45) is 3.52. The largest absolute Gasteiger partial charge is 0.454 e. The molecule has 6 nitrogen and oxygen atoms in total. The van der Waals surface area contributed by atoms with Crippen LogP contribution in [-0.4, -0.2) is 42.9 Å². The maximum atomic E-state index is 12.8. The quantitative estimate of drug-likeness (QED) is 0.881. The Bertz CT molecular complexity index is 761. The van der Waals surface area contributed by atoms with Gasteiger partial charge in [-0.15, -0.1) is 0 Å². The van der Waals surface area contributed by atoms with Gasteiger partial charge >= 0.3 is 6.61 Å². The third-order valence-corrected chi connectivity index (χ3v) is 4.59. The number of pyridine rings is 1. The molecule has 0 spiro atoms. The highest BCUT2D eigenvalue weighted by atomic mass is 19.3. The molecule has 0 radical (unpaired) electrons. The molecule has 0 bridgehead atoms. The lowest BCUT2D eigenvalue weighted by Gasteiger charge is -2.36. The molecule has 1 atom stereocenters. The summed E-state index contributed by atoms with van der Waals surface area (Å²) in [7, 11) is 0. The molecule has 0 saturated carbocycles. The van der Waals surface area contributed by atoms with Crippen molar-refractivity contribution in [2.45, 2.75) is 19.2 Å². The summed E-state index contributed by atoms with van der Waals surface area (Å²) in [5.41, 5.74) is 1.78. The molecular formula is C18H19F2N3O3. The minimum atomic E-state index is -2.90. The lowest BCUT2D eigenvalue weighted by Crippen LogP contribution is -2.45. The van der Waals surface area contributed by atoms with Gasteiger partial charge in [-0.1, -0.05) is 0 Å². The second kappa shape index (κ2) is 7.43. The lowest BCUT2D eigenvalue weighted by molar-refractivity contribution is -0.0510. The van der Waals surface area contributed by atoms with Crippen molar-refractivity contribution in [2.24, 2.45) is 0 Å². The van der Waals surface area contributed by atoms with Gasteiger partial charge in [-0.05, 0) is 23.8 Å². The monoisotopic (exact) mass is 363 g/mol. The molecule has 1 unspecified atom stereocenters. The summed E-state index contributed by atoms with van der Waals surface area (Å²) in [5, 5.41) is 3.38. The molecule has 1 fully saturated rings. The molecule has 3 heterocycles. The van der Waals surface area contributed by atoms with Gasteiger partial charge in [0, 0.05) is 56.2 Å². The highest BCUT2D eigenvalue weighted by Gasteiger charge is 2.27. The summed E-state index contributed by atoms with van der Waals surface area (Å²) >= 11 is 0. The maximum Gasteiger partial charge on any atom is 0.387 e. The molecule has 1 aromatic carbocycles. The van der Waals surface area contributed by atoms with E-state index in [1.54, 1.807) is 18.5 Å². The Balaban J connectivity index is 1.62. The first-order chi connectivity index (χ1) is 12.7. The maximum absolute atomic E-state index is 12.8. The normalized spacial score (nSPS) is 19.7. The Labute approximate surface area is 149 Å². The molecule has 1 N–H and O–H groups in total. The lowest BCUT2D eigenvalue weighted by atomic mass is 10.0. The number of halogens is 2. The third kappa shape index (κ3) is 3.56. The Morgan fingerprint density at radius 3 is 2.77 bits per heavy atom. The van der Waals surface area contributed by atoms with Gasteiger partial charge < -0.3 is 19.5 Å². The van der Waals surface area contributed by atoms with Crippen LogP contribution in [0.3, 0.4) is 0 Å². The van der Waals surface area contributed by atoms with Crippen LogP contribution in [0.2, 0.25) is 0 Å². The van der Waals surface area contributed by atoms with E-state index in [0.717, 1.165) is 25.2 Å². The molecular weight excluding hydrogens is 344 g/mol. The van der Waals surface area contributed by atoms with Gasteiger partial charge in [-0.3, -0.25) is 9.88 Å². The van der Waals surface area contributed by atoms with E-state index in [-0.39, 0.29) is 18.6 Å². The number of piperazine rings is 1. The van der Waals surface area contributed by atoms with Gasteiger partial charge in [-0.2, -0.15) is 8.78 Å². The number of alkyl halides is 2. The smallest absolute Gasteiger partial charge is 0.387 e. The van der Waals surface area contributed by atoms with Crippen LogP contribution < -0.4 is 19.5 Å². The summed E-state index contributed by atoms with van der Waals surface area (Å²) in [5.74, 6) is 1.10. The zero-order valence-corrected chi connectivity index (χ0v) is 14.0. The van der Waals surface area contributed by atoms with E-state index in [1.165, 1.54) is 6.07 Å². The highest BCUT2D eigenvalue weighted by molar-refractivity contribution is 5.52. The van der Waals surface area contributed by atoms with Crippen molar-refractivity contribution in [1.29, 1.82) is 0 Å². The first-order valence-corrected chi connectivity index (χ1v) is 8.43. The number of ether oxygens (including phenoxy) is 3. The highest BCUT2D eigenvalue weighted by Crippen LogP contribution is 2.40. The molecule has 1 aromatic heterocycles. The van der Waals surface area contributed by atoms with Gasteiger partial charge in [0.25, 0.3) is 0 Å². The summed E-state index contributed by atoms with van der Waals surface area (Å²) in [4.78, 5) is 6.30. The third-order valence-electron chi connectivity index (χ3n) is 4.59. The molecule has 138 valence electrons. The van der Waals surface area contributed by atoms with E-state index in [9.17, 15) is 8.78 Å². The van der Waals surface area contributed by atoms with Crippen LogP contribution in [-0.2, 0) is 6.54 Å². The van der Waals surface area contributed by atoms with Gasteiger partial charge in [0.15, 0.2) is 11.5 Å². The molecule has 4 rings (SSSR count). The van der Waals surface area contributed by atoms with Gasteiger partial charge in [0.2, 0.25) is 6.79 Å². The van der Waals surface area contributed by atoms with Crippen LogP contribution in [0.1, 0.15) is 17.2 Å². The Morgan fingerprint density at radius 2 is 2.00 bits per heavy atom. The van der Waals surface area contributed by atoms with Gasteiger partial charge in [0.05, 0.1) is 0 Å². The second-order valence-electron chi connectivity index (χ2n) is 6.16. The molecule has 8 heteroatoms. The van der Waals surface area contributed by atoms with E-state index in [1.807, 2.05) is 12.1 Å². The molecule has 2 aliphatic rings. The topological polar surface area (TPSA) is 55.9 Å². The van der Waals surface area contributed by atoms with E-state index < -0.39 is 6.61 Å². The summed E-state index contributed by atoms with van der Waals surface area (Å²) in [6, 6.07) is 7.28. The fourth-order valence-electron chi connectivity index (χ4n) is 3.36. The first-order valence-electron chi connectivity index (χ1n) is 8.43. The minimum absolute atomic E-state index is 0.0835. The number of hydrogen-bond acceptors (Lipinski definition) is 6. The number of fused-ring (bicyclic) bond motifs is 1. The van der Waals surface area contributed by atoms with Crippen LogP contribution >= 0.6 is 0 Å². The molecule has 2 aliphatic heterocycles. The molecule has 0 aliphatic carbocycles. The van der Waals surface area contributed by atoms with Crippen molar-refractivity contribution in [2.75, 3.05) is 26.4 Å². The molecule has 0 amide bonds. The van der Waals surface area contributed by atoms with E-state index in [2.05, 4.69) is 15.2 Å². The second-order valence-corrected chi connectivity index (χ2v) is 6.16. The van der Waals surface area contributed by atoms with Crippen molar-refractivity contribution < 1.29 is 23.0 Å². The molecule has 1 saturated heterocycles. The van der Waals surface area contributed by atoms with Crippen molar-refractivity contribution in [3.05, 3.63) is 47.8 Å². The van der Waals surface area contributed by atoms with Crippen LogP contribution in [0, 0.1) is 0 Å². The Kier molecular flexibility index (Phi) is 4.85. The van der Waals surface area contributed by atoms with E-state index in [0.29, 0.717) is 23.6 Å². The fraction of sp³-hybridized carbons (Fsp3) is 0.389. The standard InChI is InChI=1S/C18H19F2N3O3/c19-18(20)26-15-8-17-16(24-11-25-17)7-13(15)10-23-6-5-22-9-14(23)12-1-3-21-4-2-12/h1-4,7-8,14,18,22H,5-6,9-11H2. The molecule has 2 aromatic rings. The Hall–Kier alpha value is -2.45. The van der Waals surface area contributed by atoms with E-state index >= 15 is 0 Å².